The van der Waals surface area contributed by atoms with E-state index in [2.05, 4.69) is 29.4 Å². The Morgan fingerprint density at radius 2 is 1.68 bits per heavy atom. The number of rotatable bonds is 4. The normalized spacial score (nSPS) is 10.7. The number of hydrogen-bond acceptors (Lipinski definition) is 2. The van der Waals surface area contributed by atoms with E-state index >= 15 is 0 Å². The van der Waals surface area contributed by atoms with E-state index in [9.17, 15) is 0 Å². The molecule has 1 aromatic heterocycles. The van der Waals surface area contributed by atoms with Crippen LogP contribution in [0.15, 0.2) is 66.1 Å². The molecule has 0 bridgehead atoms. The van der Waals surface area contributed by atoms with Gasteiger partial charge in [-0.25, -0.2) is 4.57 Å². The molecule has 1 N–H and O–H groups in total. The number of nitrogens with zero attached hydrogens (tertiary/aromatic N) is 2. The molecule has 2 rings (SSSR count). The van der Waals surface area contributed by atoms with Crippen LogP contribution < -0.4 is 21.5 Å². The van der Waals surface area contributed by atoms with Gasteiger partial charge < -0.3 is 22.2 Å². The third kappa shape index (κ3) is 5.06. The van der Waals surface area contributed by atoms with E-state index in [1.54, 1.807) is 0 Å². The molecule has 0 aliphatic rings. The minimum Gasteiger partial charge on any atom is -1.00 e. The topological polar surface area (TPSA) is 36.5 Å². The van der Waals surface area contributed by atoms with Gasteiger partial charge in [0.25, 0.3) is 0 Å². The van der Waals surface area contributed by atoms with Crippen molar-refractivity contribution in [3.05, 3.63) is 72.1 Å². The van der Waals surface area contributed by atoms with E-state index < -0.39 is 0 Å². The number of oxime groups is 1. The maximum Gasteiger partial charge on any atom is 0.169 e. The van der Waals surface area contributed by atoms with Crippen molar-refractivity contribution in [1.82, 2.24) is 0 Å². The van der Waals surface area contributed by atoms with Crippen LogP contribution in [0.25, 0.3) is 6.08 Å². The van der Waals surface area contributed by atoms with E-state index in [1.807, 2.05) is 47.3 Å². The molecule has 19 heavy (non-hydrogen) atoms. The number of allylic oxidation sites excluding steroid dienone is 1. The van der Waals surface area contributed by atoms with Gasteiger partial charge in [0.05, 0.1) is 6.21 Å². The highest BCUT2D eigenvalue weighted by Gasteiger charge is 1.96. The first-order valence-electron chi connectivity index (χ1n) is 5.76. The van der Waals surface area contributed by atoms with Gasteiger partial charge in [0.2, 0.25) is 0 Å². The van der Waals surface area contributed by atoms with Crippen molar-refractivity contribution < 1.29 is 26.8 Å². The first-order chi connectivity index (χ1) is 8.88. The molecule has 0 fully saturated rings. The Morgan fingerprint density at radius 1 is 1.00 bits per heavy atom. The first kappa shape index (κ1) is 15.1. The fourth-order valence-corrected chi connectivity index (χ4v) is 1.62. The molecule has 0 amide bonds. The zero-order valence-corrected chi connectivity index (χ0v) is 11.9. The largest absolute Gasteiger partial charge is 1.00 e. The average molecular weight is 319 g/mol. The summed E-state index contributed by atoms with van der Waals surface area (Å²) < 4.78 is 2.05. The quantitative estimate of drug-likeness (QED) is 0.351. The van der Waals surface area contributed by atoms with Crippen LogP contribution in [0.4, 0.5) is 0 Å². The maximum atomic E-state index is 8.41. The molecule has 0 unspecified atom stereocenters. The summed E-state index contributed by atoms with van der Waals surface area (Å²) in [5.41, 5.74) is 2.07. The summed E-state index contributed by atoms with van der Waals surface area (Å²) in [4.78, 5) is 0. The standard InChI is InChI=1S/C15H14N2O.BrH/c18-16-13-15-8-11-17(12-9-15)10-4-7-14-5-2-1-3-6-14;/h1-9,11-13H,10H2;1H. The van der Waals surface area contributed by atoms with E-state index in [-0.39, 0.29) is 17.0 Å². The van der Waals surface area contributed by atoms with E-state index in [0.717, 1.165) is 12.1 Å². The second-order valence-corrected chi connectivity index (χ2v) is 3.89. The Hall–Kier alpha value is -1.94. The van der Waals surface area contributed by atoms with Crippen LogP contribution >= 0.6 is 0 Å². The number of pyridine rings is 1. The lowest BCUT2D eigenvalue weighted by molar-refractivity contribution is -0.686. The molecule has 0 saturated carbocycles. The SMILES string of the molecule is O/N=C/c1cc[n+](CC=Cc2ccccc2)cc1.[Br-]. The Bertz CT molecular complexity index is 536. The lowest BCUT2D eigenvalue weighted by atomic mass is 10.2. The molecule has 0 atom stereocenters. The van der Waals surface area contributed by atoms with Crippen LogP contribution in [-0.4, -0.2) is 11.4 Å². The van der Waals surface area contributed by atoms with Gasteiger partial charge >= 0.3 is 0 Å². The number of aromatic nitrogens is 1. The molecule has 0 aliphatic carbocycles. The maximum absolute atomic E-state index is 8.41. The summed E-state index contributed by atoms with van der Waals surface area (Å²) in [6.45, 7) is 0.811. The van der Waals surface area contributed by atoms with Crippen LogP contribution in [0.5, 0.6) is 0 Å². The molecule has 0 aliphatic heterocycles. The highest BCUT2D eigenvalue weighted by Crippen LogP contribution is 2.00. The first-order valence-corrected chi connectivity index (χ1v) is 5.76. The van der Waals surface area contributed by atoms with Gasteiger partial charge in [-0.2, -0.15) is 0 Å². The second-order valence-electron chi connectivity index (χ2n) is 3.89. The minimum absolute atomic E-state index is 0. The van der Waals surface area contributed by atoms with E-state index in [1.165, 1.54) is 11.8 Å². The molecule has 0 spiro atoms. The Kier molecular flexibility index (Phi) is 6.53. The number of halogens is 1. The average Bonchev–Trinajstić information content (AvgIpc) is 2.42. The predicted molar refractivity (Wildman–Crippen MR) is 71.5 cm³/mol. The van der Waals surface area contributed by atoms with Gasteiger partial charge in [0.15, 0.2) is 18.9 Å². The number of benzene rings is 1. The molecule has 3 nitrogen and oxygen atoms in total. The van der Waals surface area contributed by atoms with Crippen molar-refractivity contribution in [2.75, 3.05) is 0 Å². The molecule has 0 saturated heterocycles. The second kappa shape index (κ2) is 8.21. The van der Waals surface area contributed by atoms with Crippen molar-refractivity contribution in [1.29, 1.82) is 0 Å². The lowest BCUT2D eigenvalue weighted by Crippen LogP contribution is -3.00. The Morgan fingerprint density at radius 3 is 2.32 bits per heavy atom. The highest BCUT2D eigenvalue weighted by atomic mass is 79.9. The van der Waals surface area contributed by atoms with Crippen molar-refractivity contribution >= 4 is 12.3 Å². The molecule has 0 radical (unpaired) electrons. The van der Waals surface area contributed by atoms with Gasteiger partial charge in [-0.3, -0.25) is 0 Å². The van der Waals surface area contributed by atoms with Crippen molar-refractivity contribution in [3.63, 3.8) is 0 Å². The smallest absolute Gasteiger partial charge is 0.169 e. The zero-order valence-electron chi connectivity index (χ0n) is 10.4. The molecule has 1 aromatic carbocycles. The van der Waals surface area contributed by atoms with Crippen molar-refractivity contribution in [2.24, 2.45) is 5.16 Å². The highest BCUT2D eigenvalue weighted by molar-refractivity contribution is 5.78. The fraction of sp³-hybridized carbons (Fsp3) is 0.0667. The summed E-state index contributed by atoms with van der Waals surface area (Å²) in [7, 11) is 0. The Labute approximate surface area is 123 Å². The van der Waals surface area contributed by atoms with Crippen molar-refractivity contribution in [2.45, 2.75) is 6.54 Å². The fourth-order valence-electron chi connectivity index (χ4n) is 1.62. The molecule has 4 heteroatoms. The lowest BCUT2D eigenvalue weighted by Gasteiger charge is -1.93. The summed E-state index contributed by atoms with van der Waals surface area (Å²) >= 11 is 0. The molecule has 98 valence electrons. The summed E-state index contributed by atoms with van der Waals surface area (Å²) in [6.07, 6.45) is 9.51. The monoisotopic (exact) mass is 318 g/mol. The van der Waals surface area contributed by atoms with E-state index in [0.29, 0.717) is 0 Å². The van der Waals surface area contributed by atoms with Crippen LogP contribution in [0, 0.1) is 0 Å². The predicted octanol–water partition coefficient (Wildman–Crippen LogP) is -0.500. The third-order valence-corrected chi connectivity index (χ3v) is 2.55. The minimum atomic E-state index is 0. The van der Waals surface area contributed by atoms with E-state index in [4.69, 9.17) is 5.21 Å². The van der Waals surface area contributed by atoms with Crippen molar-refractivity contribution in [3.8, 4) is 0 Å². The Balaban J connectivity index is 0.00000180. The van der Waals surface area contributed by atoms with Gasteiger partial charge in [0, 0.05) is 17.7 Å². The molecule has 2 aromatic rings. The van der Waals surface area contributed by atoms with Gasteiger partial charge in [-0.1, -0.05) is 41.6 Å². The van der Waals surface area contributed by atoms with Crippen LogP contribution in [0.3, 0.4) is 0 Å². The zero-order chi connectivity index (χ0) is 12.6. The summed E-state index contributed by atoms with van der Waals surface area (Å²) in [6, 6.07) is 14.0. The van der Waals surface area contributed by atoms with Gasteiger partial charge in [-0.15, -0.1) is 0 Å². The summed E-state index contributed by atoms with van der Waals surface area (Å²) in [5, 5.41) is 11.4. The molecular weight excluding hydrogens is 304 g/mol. The third-order valence-electron chi connectivity index (χ3n) is 2.55. The molecular formula is C15H15BrN2O. The van der Waals surface area contributed by atoms with Crippen LogP contribution in [-0.2, 0) is 6.54 Å². The van der Waals surface area contributed by atoms with Crippen LogP contribution in [0.1, 0.15) is 11.1 Å². The molecule has 1 heterocycles. The number of hydrogen-bond donors (Lipinski definition) is 1. The van der Waals surface area contributed by atoms with Gasteiger partial charge in [0.1, 0.15) is 0 Å². The summed E-state index contributed by atoms with van der Waals surface area (Å²) in [5.74, 6) is 0. The van der Waals surface area contributed by atoms with Gasteiger partial charge in [-0.05, 0) is 11.6 Å². The van der Waals surface area contributed by atoms with Crippen LogP contribution in [0.2, 0.25) is 0 Å².